The second-order valence-corrected chi connectivity index (χ2v) is 9.01. The molecule has 3 aliphatic rings. The summed E-state index contributed by atoms with van der Waals surface area (Å²) in [7, 11) is 0. The first-order valence-corrected chi connectivity index (χ1v) is 10.9. The van der Waals surface area contributed by atoms with Crippen molar-refractivity contribution in [3.8, 4) is 0 Å². The number of nitrogens with zero attached hydrogens (tertiary/aromatic N) is 1. The molecule has 0 bridgehead atoms. The highest BCUT2D eigenvalue weighted by molar-refractivity contribution is 7.17. The Hall–Kier alpha value is -2.22. The van der Waals surface area contributed by atoms with Crippen LogP contribution in [0.5, 0.6) is 0 Å². The van der Waals surface area contributed by atoms with Crippen molar-refractivity contribution in [3.63, 3.8) is 0 Å². The molecule has 7 nitrogen and oxygen atoms in total. The molecule has 2 atom stereocenters. The number of thiophene rings is 1. The molecule has 1 aromatic rings. The van der Waals surface area contributed by atoms with Crippen molar-refractivity contribution in [1.82, 2.24) is 4.90 Å². The Morgan fingerprint density at radius 2 is 1.68 bits per heavy atom. The zero-order valence-electron chi connectivity index (χ0n) is 15.8. The highest BCUT2D eigenvalue weighted by Crippen LogP contribution is 2.39. The molecule has 0 unspecified atom stereocenters. The lowest BCUT2D eigenvalue weighted by Crippen LogP contribution is -2.34. The Labute approximate surface area is 167 Å². The van der Waals surface area contributed by atoms with Crippen LogP contribution in [-0.2, 0) is 27.2 Å². The highest BCUT2D eigenvalue weighted by Gasteiger charge is 2.47. The molecule has 1 saturated carbocycles. The van der Waals surface area contributed by atoms with Gasteiger partial charge in [-0.3, -0.25) is 24.1 Å². The molecule has 0 radical (unpaired) electrons. The standard InChI is InChI=1S/C20H25N3O4S/c21-17(25)16-13-7-3-4-8-14(13)28-18(16)22-15(24)9-10-23-19(26)11-5-1-2-6-12(11)20(23)27/h11-12H,1-10H2,(H2,21,25)(H,22,24)/t11-,12-/m0/s1. The summed E-state index contributed by atoms with van der Waals surface area (Å²) in [5.74, 6) is -1.50. The van der Waals surface area contributed by atoms with Crippen molar-refractivity contribution in [2.45, 2.75) is 57.8 Å². The minimum Gasteiger partial charge on any atom is -0.365 e. The number of amides is 4. The van der Waals surface area contributed by atoms with E-state index in [1.165, 1.54) is 16.2 Å². The number of carbonyl (C=O) groups is 4. The summed E-state index contributed by atoms with van der Waals surface area (Å²) >= 11 is 1.41. The number of rotatable bonds is 5. The highest BCUT2D eigenvalue weighted by atomic mass is 32.1. The summed E-state index contributed by atoms with van der Waals surface area (Å²) in [6.07, 6.45) is 7.30. The van der Waals surface area contributed by atoms with E-state index in [2.05, 4.69) is 5.32 Å². The SMILES string of the molecule is NC(=O)c1c(NC(=O)CCN2C(=O)[C@H]3CCCC[C@@H]3C2=O)sc2c1CCCC2. The molecule has 2 fully saturated rings. The second-order valence-electron chi connectivity index (χ2n) is 7.90. The number of anilines is 1. The van der Waals surface area contributed by atoms with Crippen LogP contribution in [0, 0.1) is 11.8 Å². The van der Waals surface area contributed by atoms with Gasteiger partial charge in [-0.15, -0.1) is 11.3 Å². The van der Waals surface area contributed by atoms with Gasteiger partial charge in [0.2, 0.25) is 17.7 Å². The van der Waals surface area contributed by atoms with Crippen molar-refractivity contribution < 1.29 is 19.2 Å². The van der Waals surface area contributed by atoms with Crippen LogP contribution >= 0.6 is 11.3 Å². The van der Waals surface area contributed by atoms with Crippen LogP contribution in [0.3, 0.4) is 0 Å². The number of imide groups is 1. The van der Waals surface area contributed by atoms with Gasteiger partial charge in [0.1, 0.15) is 5.00 Å². The van der Waals surface area contributed by atoms with Crippen molar-refractivity contribution in [1.29, 1.82) is 0 Å². The summed E-state index contributed by atoms with van der Waals surface area (Å²) in [5, 5.41) is 3.29. The number of aryl methyl sites for hydroxylation is 1. The van der Waals surface area contributed by atoms with Gasteiger partial charge in [0.25, 0.3) is 5.91 Å². The molecule has 2 aliphatic carbocycles. The Morgan fingerprint density at radius 1 is 1.04 bits per heavy atom. The smallest absolute Gasteiger partial charge is 0.251 e. The van der Waals surface area contributed by atoms with E-state index in [-0.39, 0.29) is 42.5 Å². The molecule has 0 aromatic carbocycles. The van der Waals surface area contributed by atoms with Crippen molar-refractivity contribution in [2.75, 3.05) is 11.9 Å². The predicted molar refractivity (Wildman–Crippen MR) is 105 cm³/mol. The molecule has 1 aliphatic heterocycles. The fourth-order valence-corrected chi connectivity index (χ4v) is 6.08. The molecule has 1 saturated heterocycles. The molecule has 3 N–H and O–H groups in total. The summed E-state index contributed by atoms with van der Waals surface area (Å²) in [6, 6.07) is 0. The van der Waals surface area contributed by atoms with Gasteiger partial charge in [0.05, 0.1) is 17.4 Å². The topological polar surface area (TPSA) is 110 Å². The first kappa shape index (κ1) is 19.1. The average molecular weight is 404 g/mol. The molecular formula is C20H25N3O4S. The van der Waals surface area contributed by atoms with Crippen LogP contribution in [0.25, 0.3) is 0 Å². The third-order valence-electron chi connectivity index (χ3n) is 6.17. The number of primary amides is 1. The van der Waals surface area contributed by atoms with Crippen LogP contribution in [0.2, 0.25) is 0 Å². The van der Waals surface area contributed by atoms with E-state index in [4.69, 9.17) is 5.73 Å². The number of nitrogens with one attached hydrogen (secondary N) is 1. The predicted octanol–water partition coefficient (Wildman–Crippen LogP) is 2.23. The lowest BCUT2D eigenvalue weighted by molar-refractivity contribution is -0.140. The Balaban J connectivity index is 1.41. The first-order chi connectivity index (χ1) is 13.5. The first-order valence-electron chi connectivity index (χ1n) is 10.1. The number of likely N-dealkylation sites (tertiary alicyclic amines) is 1. The molecule has 4 amide bonds. The molecule has 0 spiro atoms. The zero-order valence-corrected chi connectivity index (χ0v) is 16.6. The van der Waals surface area contributed by atoms with E-state index < -0.39 is 5.91 Å². The maximum Gasteiger partial charge on any atom is 0.251 e. The number of hydrogen-bond acceptors (Lipinski definition) is 5. The van der Waals surface area contributed by atoms with Gasteiger partial charge < -0.3 is 11.1 Å². The van der Waals surface area contributed by atoms with Crippen LogP contribution in [0.4, 0.5) is 5.00 Å². The second kappa shape index (κ2) is 7.66. The van der Waals surface area contributed by atoms with Crippen LogP contribution < -0.4 is 11.1 Å². The largest absolute Gasteiger partial charge is 0.365 e. The maximum atomic E-state index is 12.5. The van der Waals surface area contributed by atoms with Crippen molar-refractivity contribution >= 4 is 40.0 Å². The van der Waals surface area contributed by atoms with Crippen LogP contribution in [0.1, 0.15) is 65.7 Å². The van der Waals surface area contributed by atoms with Gasteiger partial charge in [0, 0.05) is 17.8 Å². The number of hydrogen-bond donors (Lipinski definition) is 2. The molecule has 2 heterocycles. The fourth-order valence-electron chi connectivity index (χ4n) is 4.77. The molecule has 4 rings (SSSR count). The van der Waals surface area contributed by atoms with Gasteiger partial charge in [-0.1, -0.05) is 12.8 Å². The van der Waals surface area contributed by atoms with Gasteiger partial charge in [-0.2, -0.15) is 0 Å². The van der Waals surface area contributed by atoms with E-state index in [1.54, 1.807) is 0 Å². The minimum absolute atomic E-state index is 0.0255. The molecule has 28 heavy (non-hydrogen) atoms. The maximum absolute atomic E-state index is 12.5. The zero-order chi connectivity index (χ0) is 19.8. The lowest BCUT2D eigenvalue weighted by Gasteiger charge is -2.19. The number of fused-ring (bicyclic) bond motifs is 2. The lowest BCUT2D eigenvalue weighted by atomic mass is 9.81. The summed E-state index contributed by atoms with van der Waals surface area (Å²) < 4.78 is 0. The van der Waals surface area contributed by atoms with Gasteiger partial charge >= 0.3 is 0 Å². The number of nitrogens with two attached hydrogens (primary N) is 1. The van der Waals surface area contributed by atoms with E-state index >= 15 is 0 Å². The Bertz CT molecular complexity index is 823. The molecule has 150 valence electrons. The third kappa shape index (κ3) is 3.34. The van der Waals surface area contributed by atoms with Gasteiger partial charge in [0.15, 0.2) is 0 Å². The normalized spacial score (nSPS) is 24.1. The summed E-state index contributed by atoms with van der Waals surface area (Å²) in [4.78, 5) is 51.8. The van der Waals surface area contributed by atoms with Gasteiger partial charge in [-0.25, -0.2) is 0 Å². The van der Waals surface area contributed by atoms with Crippen molar-refractivity contribution in [2.24, 2.45) is 17.6 Å². The summed E-state index contributed by atoms with van der Waals surface area (Å²) in [6.45, 7) is 0.0908. The summed E-state index contributed by atoms with van der Waals surface area (Å²) in [5.41, 5.74) is 6.94. The monoisotopic (exact) mass is 403 g/mol. The van der Waals surface area contributed by atoms with E-state index in [0.717, 1.165) is 61.8 Å². The van der Waals surface area contributed by atoms with E-state index in [1.807, 2.05) is 0 Å². The number of carbonyl (C=O) groups excluding carboxylic acids is 4. The quantitative estimate of drug-likeness (QED) is 0.735. The van der Waals surface area contributed by atoms with Crippen LogP contribution in [-0.4, -0.2) is 35.1 Å². The van der Waals surface area contributed by atoms with Crippen molar-refractivity contribution in [3.05, 3.63) is 16.0 Å². The van der Waals surface area contributed by atoms with Gasteiger partial charge in [-0.05, 0) is 44.1 Å². The average Bonchev–Trinajstić information content (AvgIpc) is 3.16. The molecule has 8 heteroatoms. The molecular weight excluding hydrogens is 378 g/mol. The van der Waals surface area contributed by atoms with E-state index in [9.17, 15) is 19.2 Å². The Kier molecular flexibility index (Phi) is 5.23. The van der Waals surface area contributed by atoms with E-state index in [0.29, 0.717) is 10.6 Å². The Morgan fingerprint density at radius 3 is 2.32 bits per heavy atom. The van der Waals surface area contributed by atoms with Crippen LogP contribution in [0.15, 0.2) is 0 Å². The fraction of sp³-hybridized carbons (Fsp3) is 0.600. The molecule has 1 aromatic heterocycles. The minimum atomic E-state index is -0.524. The third-order valence-corrected chi connectivity index (χ3v) is 7.37.